The molecule has 3 aromatic rings. The first-order valence-corrected chi connectivity index (χ1v) is 7.45. The van der Waals surface area contributed by atoms with E-state index in [0.717, 1.165) is 5.56 Å². The van der Waals surface area contributed by atoms with Crippen LogP contribution in [0.1, 0.15) is 5.56 Å². The van der Waals surface area contributed by atoms with E-state index < -0.39 is 10.8 Å². The van der Waals surface area contributed by atoms with Crippen LogP contribution >= 0.6 is 0 Å². The van der Waals surface area contributed by atoms with Gasteiger partial charge in [0.2, 0.25) is 5.91 Å². The van der Waals surface area contributed by atoms with Crippen LogP contribution in [0.3, 0.4) is 0 Å². The Morgan fingerprint density at radius 2 is 1.96 bits per heavy atom. The minimum atomic E-state index is -0.520. The fourth-order valence-electron chi connectivity index (χ4n) is 2.47. The van der Waals surface area contributed by atoms with Gasteiger partial charge in [-0.25, -0.2) is 4.98 Å². The maximum Gasteiger partial charge on any atom is 0.269 e. The number of aryl methyl sites for hydroxylation is 1. The molecular weight excluding hydrogens is 324 g/mol. The zero-order chi connectivity index (χ0) is 18.0. The number of anilines is 1. The summed E-state index contributed by atoms with van der Waals surface area (Å²) in [6, 6.07) is 10.7. The zero-order valence-electron chi connectivity index (χ0n) is 13.3. The van der Waals surface area contributed by atoms with Gasteiger partial charge in [-0.2, -0.15) is 0 Å². The van der Waals surface area contributed by atoms with Crippen molar-refractivity contribution in [2.75, 3.05) is 5.32 Å². The molecule has 25 heavy (non-hydrogen) atoms. The Balaban J connectivity index is 1.79. The van der Waals surface area contributed by atoms with E-state index in [1.165, 1.54) is 35.2 Å². The van der Waals surface area contributed by atoms with Crippen molar-refractivity contribution in [2.45, 2.75) is 13.5 Å². The summed E-state index contributed by atoms with van der Waals surface area (Å²) in [4.78, 5) is 38.9. The predicted molar refractivity (Wildman–Crippen MR) is 92.5 cm³/mol. The Hall–Kier alpha value is -3.55. The molecule has 0 aliphatic carbocycles. The van der Waals surface area contributed by atoms with Crippen molar-refractivity contribution in [1.29, 1.82) is 0 Å². The number of nitrogens with zero attached hydrogens (tertiary/aromatic N) is 3. The van der Waals surface area contributed by atoms with Gasteiger partial charge in [-0.15, -0.1) is 0 Å². The Morgan fingerprint density at radius 3 is 2.64 bits per heavy atom. The summed E-state index contributed by atoms with van der Waals surface area (Å²) in [6.45, 7) is 1.66. The van der Waals surface area contributed by atoms with Crippen molar-refractivity contribution in [3.05, 3.63) is 74.8 Å². The molecule has 1 amide bonds. The van der Waals surface area contributed by atoms with Crippen LogP contribution in [0.15, 0.2) is 53.6 Å². The molecule has 3 rings (SSSR count). The number of benzene rings is 2. The normalized spacial score (nSPS) is 10.6. The fourth-order valence-corrected chi connectivity index (χ4v) is 2.47. The Kier molecular flexibility index (Phi) is 4.25. The first kappa shape index (κ1) is 16.3. The molecule has 0 saturated heterocycles. The molecule has 0 atom stereocenters. The number of carbonyl (C=O) groups excluding carboxylic acids is 1. The minimum absolute atomic E-state index is 0.0664. The van der Waals surface area contributed by atoms with Crippen molar-refractivity contribution in [1.82, 2.24) is 9.55 Å². The number of non-ortho nitro benzene ring substituents is 1. The van der Waals surface area contributed by atoms with Gasteiger partial charge in [-0.3, -0.25) is 24.3 Å². The van der Waals surface area contributed by atoms with Gasteiger partial charge < -0.3 is 5.32 Å². The molecule has 0 saturated carbocycles. The quantitative estimate of drug-likeness (QED) is 0.580. The molecule has 1 N–H and O–H groups in total. The smallest absolute Gasteiger partial charge is 0.269 e. The van der Waals surface area contributed by atoms with Crippen LogP contribution < -0.4 is 10.9 Å². The molecule has 126 valence electrons. The van der Waals surface area contributed by atoms with E-state index in [0.29, 0.717) is 16.6 Å². The van der Waals surface area contributed by atoms with Crippen LogP contribution in [0.2, 0.25) is 0 Å². The maximum atomic E-state index is 12.5. The molecule has 0 bridgehead atoms. The fraction of sp³-hybridized carbons (Fsp3) is 0.118. The molecule has 8 nitrogen and oxygen atoms in total. The van der Waals surface area contributed by atoms with Gasteiger partial charge in [0.15, 0.2) is 0 Å². The molecule has 8 heteroatoms. The molecule has 0 fully saturated rings. The molecule has 1 aromatic heterocycles. The lowest BCUT2D eigenvalue weighted by molar-refractivity contribution is -0.384. The number of nitro groups is 1. The lowest BCUT2D eigenvalue weighted by Crippen LogP contribution is -2.28. The van der Waals surface area contributed by atoms with Crippen LogP contribution in [-0.4, -0.2) is 20.4 Å². The number of carbonyl (C=O) groups is 1. The molecule has 0 radical (unpaired) electrons. The van der Waals surface area contributed by atoms with Gasteiger partial charge in [0.1, 0.15) is 6.54 Å². The SMILES string of the molecule is Cc1cccc2c(=O)n(CC(=O)Nc3ccc([N+](=O)[O-])cc3)cnc12. The number of hydrogen-bond donors (Lipinski definition) is 1. The summed E-state index contributed by atoms with van der Waals surface area (Å²) < 4.78 is 1.22. The summed E-state index contributed by atoms with van der Waals surface area (Å²) in [5, 5.41) is 13.7. The predicted octanol–water partition coefficient (Wildman–Crippen LogP) is 2.25. The third kappa shape index (κ3) is 3.37. The van der Waals surface area contributed by atoms with Crippen molar-refractivity contribution >= 4 is 28.2 Å². The van der Waals surface area contributed by atoms with Crippen LogP contribution in [0, 0.1) is 17.0 Å². The average Bonchev–Trinajstić information content (AvgIpc) is 2.58. The number of fused-ring (bicyclic) bond motifs is 1. The van der Waals surface area contributed by atoms with Gasteiger partial charge in [-0.05, 0) is 30.7 Å². The van der Waals surface area contributed by atoms with E-state index in [9.17, 15) is 19.7 Å². The highest BCUT2D eigenvalue weighted by molar-refractivity contribution is 5.91. The van der Waals surface area contributed by atoms with E-state index in [4.69, 9.17) is 0 Å². The monoisotopic (exact) mass is 338 g/mol. The molecule has 2 aromatic carbocycles. The second-order valence-corrected chi connectivity index (χ2v) is 5.50. The standard InChI is InChI=1S/C17H14N4O4/c1-11-3-2-4-14-16(11)18-10-20(17(14)23)9-15(22)19-12-5-7-13(8-6-12)21(24)25/h2-8,10H,9H2,1H3,(H,19,22). The van der Waals surface area contributed by atoms with Gasteiger partial charge in [0.25, 0.3) is 11.2 Å². The maximum absolute atomic E-state index is 12.5. The molecule has 0 spiro atoms. The number of para-hydroxylation sites is 1. The van der Waals surface area contributed by atoms with Gasteiger partial charge in [0.05, 0.1) is 22.2 Å². The van der Waals surface area contributed by atoms with Crippen molar-refractivity contribution < 1.29 is 9.72 Å². The van der Waals surface area contributed by atoms with Crippen LogP contribution in [0.5, 0.6) is 0 Å². The number of nitrogens with one attached hydrogen (secondary N) is 1. The average molecular weight is 338 g/mol. The number of amides is 1. The summed E-state index contributed by atoms with van der Waals surface area (Å²) in [5.41, 5.74) is 1.54. The summed E-state index contributed by atoms with van der Waals surface area (Å²) in [7, 11) is 0. The molecule has 0 aliphatic rings. The number of nitro benzene ring substituents is 1. The third-order valence-electron chi connectivity index (χ3n) is 3.73. The highest BCUT2D eigenvalue weighted by Crippen LogP contribution is 2.15. The lowest BCUT2D eigenvalue weighted by Gasteiger charge is -2.08. The summed E-state index contributed by atoms with van der Waals surface area (Å²) in [5.74, 6) is -0.426. The zero-order valence-corrected chi connectivity index (χ0v) is 13.3. The van der Waals surface area contributed by atoms with Crippen LogP contribution in [0.25, 0.3) is 10.9 Å². The third-order valence-corrected chi connectivity index (χ3v) is 3.73. The topological polar surface area (TPSA) is 107 Å². The van der Waals surface area contributed by atoms with Crippen molar-refractivity contribution in [3.63, 3.8) is 0 Å². The van der Waals surface area contributed by atoms with E-state index in [2.05, 4.69) is 10.3 Å². The first-order chi connectivity index (χ1) is 12.0. The molecule has 0 unspecified atom stereocenters. The summed E-state index contributed by atoms with van der Waals surface area (Å²) >= 11 is 0. The number of hydrogen-bond acceptors (Lipinski definition) is 5. The van der Waals surface area contributed by atoms with Crippen molar-refractivity contribution in [3.8, 4) is 0 Å². The molecular formula is C17H14N4O4. The lowest BCUT2D eigenvalue weighted by atomic mass is 10.1. The number of rotatable bonds is 4. The highest BCUT2D eigenvalue weighted by Gasteiger charge is 2.10. The molecule has 0 aliphatic heterocycles. The minimum Gasteiger partial charge on any atom is -0.325 e. The van der Waals surface area contributed by atoms with Crippen LogP contribution in [-0.2, 0) is 11.3 Å². The van der Waals surface area contributed by atoms with Gasteiger partial charge in [-0.1, -0.05) is 12.1 Å². The first-order valence-electron chi connectivity index (χ1n) is 7.45. The van der Waals surface area contributed by atoms with E-state index in [1.54, 1.807) is 12.1 Å². The summed E-state index contributed by atoms with van der Waals surface area (Å²) in [6.07, 6.45) is 1.34. The van der Waals surface area contributed by atoms with Crippen LogP contribution in [0.4, 0.5) is 11.4 Å². The Labute approximate surface area is 141 Å². The van der Waals surface area contributed by atoms with E-state index >= 15 is 0 Å². The van der Waals surface area contributed by atoms with Crippen molar-refractivity contribution in [2.24, 2.45) is 0 Å². The van der Waals surface area contributed by atoms with E-state index in [1.807, 2.05) is 13.0 Å². The largest absolute Gasteiger partial charge is 0.325 e. The Bertz CT molecular complexity index is 1020. The van der Waals surface area contributed by atoms with Gasteiger partial charge >= 0.3 is 0 Å². The second kappa shape index (κ2) is 6.52. The molecule has 1 heterocycles. The second-order valence-electron chi connectivity index (χ2n) is 5.50. The Morgan fingerprint density at radius 1 is 1.24 bits per heavy atom. The van der Waals surface area contributed by atoms with E-state index in [-0.39, 0.29) is 17.8 Å². The highest BCUT2D eigenvalue weighted by atomic mass is 16.6. The number of aromatic nitrogens is 2. The van der Waals surface area contributed by atoms with Gasteiger partial charge in [0, 0.05) is 17.8 Å².